The van der Waals surface area contributed by atoms with Gasteiger partial charge in [-0.05, 0) is 36.3 Å². The Morgan fingerprint density at radius 1 is 1.09 bits per heavy atom. The van der Waals surface area contributed by atoms with Gasteiger partial charge in [0, 0.05) is 17.7 Å². The molecule has 2 aromatic rings. The minimum absolute atomic E-state index is 0.260. The van der Waals surface area contributed by atoms with Crippen molar-refractivity contribution in [3.63, 3.8) is 0 Å². The Labute approximate surface area is 136 Å². The van der Waals surface area contributed by atoms with Crippen LogP contribution in [0, 0.1) is 6.92 Å². The number of ether oxygens (including phenoxy) is 3. The van der Waals surface area contributed by atoms with Crippen LogP contribution in [0.1, 0.15) is 16.7 Å². The maximum atomic E-state index is 11.8. The highest BCUT2D eigenvalue weighted by molar-refractivity contribution is 5.87. The Morgan fingerprint density at radius 3 is 2.57 bits per heavy atom. The fraction of sp³-hybridized carbons (Fsp3) is 0.211. The molecule has 4 heteroatoms. The van der Waals surface area contributed by atoms with Gasteiger partial charge in [-0.25, -0.2) is 4.79 Å². The number of carbonyl (C=O) groups excluding carboxylic acids is 1. The molecule has 0 amide bonds. The van der Waals surface area contributed by atoms with E-state index in [2.05, 4.69) is 0 Å². The number of benzene rings is 2. The fourth-order valence-corrected chi connectivity index (χ4v) is 2.08. The molecule has 0 aliphatic heterocycles. The lowest BCUT2D eigenvalue weighted by Crippen LogP contribution is -2.02. The van der Waals surface area contributed by atoms with Crippen LogP contribution >= 0.6 is 0 Å². The molecule has 0 spiro atoms. The zero-order chi connectivity index (χ0) is 16.7. The van der Waals surface area contributed by atoms with E-state index in [4.69, 9.17) is 14.2 Å². The third kappa shape index (κ3) is 4.61. The lowest BCUT2D eigenvalue weighted by atomic mass is 10.1. The van der Waals surface area contributed by atoms with E-state index in [9.17, 15) is 4.79 Å². The van der Waals surface area contributed by atoms with Crippen molar-refractivity contribution in [3.05, 3.63) is 65.2 Å². The van der Waals surface area contributed by atoms with Crippen LogP contribution in [0.4, 0.5) is 0 Å². The Kier molecular flexibility index (Phi) is 5.80. The molecule has 0 fully saturated rings. The van der Waals surface area contributed by atoms with E-state index in [1.807, 2.05) is 37.3 Å². The van der Waals surface area contributed by atoms with Crippen molar-refractivity contribution in [1.29, 1.82) is 0 Å². The monoisotopic (exact) mass is 312 g/mol. The number of aryl methyl sites for hydroxylation is 1. The lowest BCUT2D eigenvalue weighted by molar-refractivity contribution is -0.138. The van der Waals surface area contributed by atoms with Gasteiger partial charge < -0.3 is 14.2 Å². The topological polar surface area (TPSA) is 44.8 Å². The quantitative estimate of drug-likeness (QED) is 0.601. The van der Waals surface area contributed by atoms with Gasteiger partial charge in [0.1, 0.15) is 18.1 Å². The molecular formula is C19H20O4. The van der Waals surface area contributed by atoms with Gasteiger partial charge in [-0.1, -0.05) is 24.3 Å². The maximum Gasteiger partial charge on any atom is 0.331 e. The average molecular weight is 312 g/mol. The summed E-state index contributed by atoms with van der Waals surface area (Å²) in [6.45, 7) is 2.25. The van der Waals surface area contributed by atoms with E-state index in [0.717, 1.165) is 16.7 Å². The molecule has 0 N–H and O–H groups in total. The van der Waals surface area contributed by atoms with E-state index >= 15 is 0 Å². The summed E-state index contributed by atoms with van der Waals surface area (Å²) in [6, 6.07) is 13.2. The van der Waals surface area contributed by atoms with Crippen LogP contribution in [-0.2, 0) is 16.1 Å². The highest BCUT2D eigenvalue weighted by atomic mass is 16.5. The number of methoxy groups -OCH3 is 2. The van der Waals surface area contributed by atoms with Crippen LogP contribution < -0.4 is 9.47 Å². The second-order valence-electron chi connectivity index (χ2n) is 4.98. The molecule has 2 rings (SSSR count). The van der Waals surface area contributed by atoms with Crippen molar-refractivity contribution < 1.29 is 19.0 Å². The minimum atomic E-state index is -0.397. The summed E-state index contributed by atoms with van der Waals surface area (Å²) in [4.78, 5) is 11.8. The first-order valence-electron chi connectivity index (χ1n) is 7.25. The summed E-state index contributed by atoms with van der Waals surface area (Å²) in [5, 5.41) is 0. The molecule has 120 valence electrons. The second-order valence-corrected chi connectivity index (χ2v) is 4.98. The molecule has 23 heavy (non-hydrogen) atoms. The highest BCUT2D eigenvalue weighted by Crippen LogP contribution is 2.25. The van der Waals surface area contributed by atoms with Crippen molar-refractivity contribution in [2.45, 2.75) is 13.5 Å². The molecule has 0 unspecified atom stereocenters. The Morgan fingerprint density at radius 2 is 1.87 bits per heavy atom. The van der Waals surface area contributed by atoms with E-state index in [1.165, 1.54) is 6.08 Å². The van der Waals surface area contributed by atoms with Gasteiger partial charge in [-0.2, -0.15) is 0 Å². The highest BCUT2D eigenvalue weighted by Gasteiger charge is 2.04. The molecule has 0 aliphatic rings. The SMILES string of the molecule is COc1ccc(/C=C/C(=O)OCc2ccccc2C)c(OC)c1. The molecular weight excluding hydrogens is 292 g/mol. The van der Waals surface area contributed by atoms with Gasteiger partial charge in [0.25, 0.3) is 0 Å². The molecule has 0 heterocycles. The van der Waals surface area contributed by atoms with Gasteiger partial charge in [0.15, 0.2) is 0 Å². The van der Waals surface area contributed by atoms with E-state index in [-0.39, 0.29) is 6.61 Å². The van der Waals surface area contributed by atoms with Crippen LogP contribution in [0.15, 0.2) is 48.5 Å². The first kappa shape index (κ1) is 16.6. The first-order valence-corrected chi connectivity index (χ1v) is 7.25. The molecule has 0 radical (unpaired) electrons. The summed E-state index contributed by atoms with van der Waals surface area (Å²) in [5.74, 6) is 0.930. The summed E-state index contributed by atoms with van der Waals surface area (Å²) in [7, 11) is 3.16. The molecule has 0 bridgehead atoms. The zero-order valence-electron chi connectivity index (χ0n) is 13.5. The third-order valence-electron chi connectivity index (χ3n) is 3.47. The first-order chi connectivity index (χ1) is 11.1. The van der Waals surface area contributed by atoms with E-state index in [0.29, 0.717) is 11.5 Å². The van der Waals surface area contributed by atoms with Crippen molar-refractivity contribution >= 4 is 12.0 Å². The molecule has 0 aromatic heterocycles. The number of hydrogen-bond acceptors (Lipinski definition) is 4. The van der Waals surface area contributed by atoms with Crippen LogP contribution in [-0.4, -0.2) is 20.2 Å². The standard InChI is InChI=1S/C19H20O4/c1-14-6-4-5-7-16(14)13-23-19(20)11-9-15-8-10-17(21-2)12-18(15)22-3/h4-12H,13H2,1-3H3/b11-9+. The van der Waals surface area contributed by atoms with Crippen LogP contribution in [0.3, 0.4) is 0 Å². The number of esters is 1. The Balaban J connectivity index is 2.00. The zero-order valence-corrected chi connectivity index (χ0v) is 13.5. The molecule has 0 atom stereocenters. The summed E-state index contributed by atoms with van der Waals surface area (Å²) >= 11 is 0. The second kappa shape index (κ2) is 8.03. The molecule has 0 aliphatic carbocycles. The molecule has 0 saturated heterocycles. The number of carbonyl (C=O) groups is 1. The Hall–Kier alpha value is -2.75. The van der Waals surface area contributed by atoms with E-state index in [1.54, 1.807) is 32.4 Å². The minimum Gasteiger partial charge on any atom is -0.497 e. The van der Waals surface area contributed by atoms with Gasteiger partial charge in [-0.3, -0.25) is 0 Å². The number of hydrogen-bond donors (Lipinski definition) is 0. The van der Waals surface area contributed by atoms with Gasteiger partial charge in [0.2, 0.25) is 0 Å². The third-order valence-corrected chi connectivity index (χ3v) is 3.47. The van der Waals surface area contributed by atoms with Crippen molar-refractivity contribution in [2.24, 2.45) is 0 Å². The predicted octanol–water partition coefficient (Wildman–Crippen LogP) is 3.77. The summed E-state index contributed by atoms with van der Waals surface area (Å²) in [6.07, 6.45) is 3.06. The van der Waals surface area contributed by atoms with Crippen molar-refractivity contribution in [3.8, 4) is 11.5 Å². The van der Waals surface area contributed by atoms with Gasteiger partial charge in [0.05, 0.1) is 14.2 Å². The van der Waals surface area contributed by atoms with Crippen molar-refractivity contribution in [1.82, 2.24) is 0 Å². The lowest BCUT2D eigenvalue weighted by Gasteiger charge is -2.07. The molecule has 4 nitrogen and oxygen atoms in total. The van der Waals surface area contributed by atoms with Gasteiger partial charge >= 0.3 is 5.97 Å². The number of rotatable bonds is 6. The van der Waals surface area contributed by atoms with E-state index < -0.39 is 5.97 Å². The summed E-state index contributed by atoms with van der Waals surface area (Å²) in [5.41, 5.74) is 2.87. The van der Waals surface area contributed by atoms with Crippen molar-refractivity contribution in [2.75, 3.05) is 14.2 Å². The molecule has 0 saturated carbocycles. The van der Waals surface area contributed by atoms with Crippen LogP contribution in [0.5, 0.6) is 11.5 Å². The van der Waals surface area contributed by atoms with Gasteiger partial charge in [-0.15, -0.1) is 0 Å². The smallest absolute Gasteiger partial charge is 0.331 e. The summed E-state index contributed by atoms with van der Waals surface area (Å²) < 4.78 is 15.7. The largest absolute Gasteiger partial charge is 0.497 e. The average Bonchev–Trinajstić information content (AvgIpc) is 2.59. The normalized spacial score (nSPS) is 10.6. The predicted molar refractivity (Wildman–Crippen MR) is 89.6 cm³/mol. The van der Waals surface area contributed by atoms with Crippen LogP contribution in [0.25, 0.3) is 6.08 Å². The molecule has 2 aromatic carbocycles. The Bertz CT molecular complexity index is 704. The maximum absolute atomic E-state index is 11.8. The fourth-order valence-electron chi connectivity index (χ4n) is 2.08. The van der Waals surface area contributed by atoms with Crippen LogP contribution in [0.2, 0.25) is 0 Å².